The largest absolute Gasteiger partial charge is 0.465 e. The van der Waals surface area contributed by atoms with E-state index in [2.05, 4.69) is 0 Å². The molecule has 2 aromatic carbocycles. The highest BCUT2D eigenvalue weighted by Gasteiger charge is 2.24. The first-order chi connectivity index (χ1) is 12.0. The third kappa shape index (κ3) is 2.65. The van der Waals surface area contributed by atoms with Gasteiger partial charge >= 0.3 is 5.97 Å². The maximum atomic E-state index is 12.9. The second-order valence-electron chi connectivity index (χ2n) is 5.43. The fraction of sp³-hybridized carbons (Fsp3) is 0.111. The number of non-ortho nitro benzene ring substituents is 1. The van der Waals surface area contributed by atoms with E-state index >= 15 is 0 Å². The van der Waals surface area contributed by atoms with Gasteiger partial charge in [0.05, 0.1) is 23.2 Å². The predicted octanol–water partition coefficient (Wildman–Crippen LogP) is 2.90. The first-order valence-electron chi connectivity index (χ1n) is 7.40. The van der Waals surface area contributed by atoms with Crippen molar-refractivity contribution in [3.63, 3.8) is 0 Å². The lowest BCUT2D eigenvalue weighted by Crippen LogP contribution is -2.22. The van der Waals surface area contributed by atoms with Crippen molar-refractivity contribution in [2.45, 2.75) is 0 Å². The van der Waals surface area contributed by atoms with E-state index in [1.165, 1.54) is 25.3 Å². The van der Waals surface area contributed by atoms with Crippen LogP contribution in [0.3, 0.4) is 0 Å². The van der Waals surface area contributed by atoms with Crippen LogP contribution in [0, 0.1) is 10.1 Å². The molecular formula is C18H14N2O5. The second kappa shape index (κ2) is 6.20. The van der Waals surface area contributed by atoms with E-state index < -0.39 is 16.3 Å². The van der Waals surface area contributed by atoms with Crippen LogP contribution < -0.4 is 5.43 Å². The minimum absolute atomic E-state index is 0.0995. The number of esters is 1. The molecule has 0 radical (unpaired) electrons. The summed E-state index contributed by atoms with van der Waals surface area (Å²) in [6.07, 6.45) is 0. The number of hydrogen-bond acceptors (Lipinski definition) is 5. The van der Waals surface area contributed by atoms with Crippen molar-refractivity contribution in [1.29, 1.82) is 0 Å². The zero-order chi connectivity index (χ0) is 18.1. The van der Waals surface area contributed by atoms with Gasteiger partial charge in [-0.05, 0) is 11.6 Å². The quantitative estimate of drug-likeness (QED) is 0.416. The van der Waals surface area contributed by atoms with Crippen LogP contribution in [0.5, 0.6) is 0 Å². The summed E-state index contributed by atoms with van der Waals surface area (Å²) in [7, 11) is 2.86. The number of fused-ring (bicyclic) bond motifs is 1. The summed E-state index contributed by atoms with van der Waals surface area (Å²) in [6, 6.07) is 12.8. The number of aromatic nitrogens is 1. The normalized spacial score (nSPS) is 10.6. The molecule has 0 aliphatic rings. The molecule has 0 bridgehead atoms. The molecule has 0 spiro atoms. The first kappa shape index (κ1) is 16.4. The third-order valence-electron chi connectivity index (χ3n) is 4.03. The number of nitrogens with zero attached hydrogens (tertiary/aromatic N) is 2. The Hall–Kier alpha value is -3.48. The highest BCUT2D eigenvalue weighted by atomic mass is 16.6. The van der Waals surface area contributed by atoms with Crippen LogP contribution >= 0.6 is 0 Å². The Kier molecular flexibility index (Phi) is 4.06. The molecule has 0 N–H and O–H groups in total. The second-order valence-corrected chi connectivity index (χ2v) is 5.43. The van der Waals surface area contributed by atoms with Gasteiger partial charge in [-0.2, -0.15) is 0 Å². The topological polar surface area (TPSA) is 91.4 Å². The Morgan fingerprint density at radius 1 is 1.16 bits per heavy atom. The van der Waals surface area contributed by atoms with E-state index in [-0.39, 0.29) is 16.6 Å². The van der Waals surface area contributed by atoms with Crippen LogP contribution in [0.4, 0.5) is 5.69 Å². The maximum Gasteiger partial charge on any atom is 0.344 e. The average molecular weight is 338 g/mol. The molecule has 0 amide bonds. The number of rotatable bonds is 3. The predicted molar refractivity (Wildman–Crippen MR) is 92.6 cm³/mol. The Balaban J connectivity index is 2.50. The molecule has 7 nitrogen and oxygen atoms in total. The Morgan fingerprint density at radius 2 is 1.84 bits per heavy atom. The highest BCUT2D eigenvalue weighted by molar-refractivity contribution is 6.00. The van der Waals surface area contributed by atoms with Gasteiger partial charge in [-0.3, -0.25) is 14.9 Å². The van der Waals surface area contributed by atoms with Gasteiger partial charge in [0.2, 0.25) is 5.43 Å². The van der Waals surface area contributed by atoms with Gasteiger partial charge < -0.3 is 9.30 Å². The summed E-state index contributed by atoms with van der Waals surface area (Å²) in [5.41, 5.74) is 0.602. The number of carbonyl (C=O) groups is 1. The van der Waals surface area contributed by atoms with Crippen LogP contribution in [0.1, 0.15) is 10.4 Å². The number of nitro groups is 1. The maximum absolute atomic E-state index is 12.9. The lowest BCUT2D eigenvalue weighted by molar-refractivity contribution is -0.384. The molecule has 0 aliphatic heterocycles. The Labute approximate surface area is 142 Å². The molecule has 126 valence electrons. The van der Waals surface area contributed by atoms with Gasteiger partial charge in [0.15, 0.2) is 0 Å². The number of methoxy groups -OCH3 is 1. The van der Waals surface area contributed by atoms with E-state index in [1.54, 1.807) is 35.9 Å². The minimum atomic E-state index is -0.750. The molecule has 1 heterocycles. The average Bonchev–Trinajstić information content (AvgIpc) is 2.64. The minimum Gasteiger partial charge on any atom is -0.465 e. The first-order valence-corrected chi connectivity index (χ1v) is 7.40. The van der Waals surface area contributed by atoms with Gasteiger partial charge in [0.25, 0.3) is 5.69 Å². The van der Waals surface area contributed by atoms with E-state index in [9.17, 15) is 19.7 Å². The van der Waals surface area contributed by atoms with Crippen LogP contribution in [-0.4, -0.2) is 22.6 Å². The Morgan fingerprint density at radius 3 is 2.44 bits per heavy atom. The summed E-state index contributed by atoms with van der Waals surface area (Å²) < 4.78 is 6.39. The number of pyridine rings is 1. The van der Waals surface area contributed by atoms with Gasteiger partial charge in [-0.1, -0.05) is 30.3 Å². The van der Waals surface area contributed by atoms with Crippen LogP contribution in [0.25, 0.3) is 22.2 Å². The van der Waals surface area contributed by atoms with Crippen molar-refractivity contribution >= 4 is 22.6 Å². The number of benzene rings is 2. The molecule has 1 aromatic heterocycles. The van der Waals surface area contributed by atoms with E-state index in [0.29, 0.717) is 16.8 Å². The van der Waals surface area contributed by atoms with Gasteiger partial charge in [0.1, 0.15) is 5.56 Å². The van der Waals surface area contributed by atoms with E-state index in [0.717, 1.165) is 0 Å². The summed E-state index contributed by atoms with van der Waals surface area (Å²) >= 11 is 0. The summed E-state index contributed by atoms with van der Waals surface area (Å²) in [5, 5.41) is 11.3. The fourth-order valence-corrected chi connectivity index (χ4v) is 2.86. The summed E-state index contributed by atoms with van der Waals surface area (Å²) in [6.45, 7) is 0. The molecule has 0 aliphatic carbocycles. The van der Waals surface area contributed by atoms with Crippen molar-refractivity contribution in [2.24, 2.45) is 7.05 Å². The molecule has 3 aromatic rings. The van der Waals surface area contributed by atoms with Crippen molar-refractivity contribution in [2.75, 3.05) is 7.11 Å². The Bertz CT molecular complexity index is 1050. The van der Waals surface area contributed by atoms with Gasteiger partial charge in [-0.25, -0.2) is 4.79 Å². The zero-order valence-corrected chi connectivity index (χ0v) is 13.6. The summed E-state index contributed by atoms with van der Waals surface area (Å²) in [4.78, 5) is 35.7. The number of aryl methyl sites for hydroxylation is 1. The summed E-state index contributed by atoms with van der Waals surface area (Å²) in [5.74, 6) is -0.750. The van der Waals surface area contributed by atoms with E-state index in [4.69, 9.17) is 4.74 Å². The molecule has 7 heteroatoms. The van der Waals surface area contributed by atoms with Crippen molar-refractivity contribution in [1.82, 2.24) is 4.57 Å². The van der Waals surface area contributed by atoms with Gasteiger partial charge in [0, 0.05) is 24.6 Å². The smallest absolute Gasteiger partial charge is 0.344 e. The number of hydrogen-bond donors (Lipinski definition) is 0. The van der Waals surface area contributed by atoms with Crippen molar-refractivity contribution in [3.05, 3.63) is 74.4 Å². The fourth-order valence-electron chi connectivity index (χ4n) is 2.86. The lowest BCUT2D eigenvalue weighted by atomic mass is 10.0. The molecular weight excluding hydrogens is 324 g/mol. The lowest BCUT2D eigenvalue weighted by Gasteiger charge is -2.16. The van der Waals surface area contributed by atoms with Crippen molar-refractivity contribution < 1.29 is 14.5 Å². The highest BCUT2D eigenvalue weighted by Crippen LogP contribution is 2.27. The van der Waals surface area contributed by atoms with Crippen LogP contribution in [0.15, 0.2) is 53.3 Å². The SMILES string of the molecule is COC(=O)c1c(-c2ccccc2)n(C)c2cc([N+](=O)[O-])ccc2c1=O. The monoisotopic (exact) mass is 338 g/mol. The van der Waals surface area contributed by atoms with Gasteiger partial charge in [-0.15, -0.1) is 0 Å². The molecule has 0 unspecified atom stereocenters. The number of carbonyl (C=O) groups excluding carboxylic acids is 1. The molecule has 3 rings (SSSR count). The molecule has 0 saturated carbocycles. The molecule has 0 atom stereocenters. The van der Waals surface area contributed by atoms with E-state index in [1.807, 2.05) is 6.07 Å². The standard InChI is InChI=1S/C18H14N2O5/c1-19-14-10-12(20(23)24)8-9-13(14)17(21)15(18(22)25-2)16(19)11-6-4-3-5-7-11/h3-10H,1-2H3. The molecule has 0 saturated heterocycles. The molecule has 0 fully saturated rings. The number of ether oxygens (including phenoxy) is 1. The van der Waals surface area contributed by atoms with Crippen LogP contribution in [0.2, 0.25) is 0 Å². The number of nitro benzene ring substituents is 1. The van der Waals surface area contributed by atoms with Crippen LogP contribution in [-0.2, 0) is 11.8 Å². The zero-order valence-electron chi connectivity index (χ0n) is 13.6. The van der Waals surface area contributed by atoms with Crippen molar-refractivity contribution in [3.8, 4) is 11.3 Å². The third-order valence-corrected chi connectivity index (χ3v) is 4.03. The molecule has 25 heavy (non-hydrogen) atoms.